The summed E-state index contributed by atoms with van der Waals surface area (Å²) in [4.78, 5) is 31.1. The highest BCUT2D eigenvalue weighted by atomic mass is 16.2. The van der Waals surface area contributed by atoms with Crippen LogP contribution >= 0.6 is 0 Å². The van der Waals surface area contributed by atoms with Gasteiger partial charge >= 0.3 is 0 Å². The van der Waals surface area contributed by atoms with E-state index < -0.39 is 5.54 Å². The lowest BCUT2D eigenvalue weighted by molar-refractivity contribution is -0.133. The highest BCUT2D eigenvalue weighted by Crippen LogP contribution is 2.27. The van der Waals surface area contributed by atoms with Crippen LogP contribution in [0.3, 0.4) is 0 Å². The van der Waals surface area contributed by atoms with Gasteiger partial charge < -0.3 is 10.2 Å². The van der Waals surface area contributed by atoms with E-state index in [4.69, 9.17) is 0 Å². The molecule has 1 heterocycles. The lowest BCUT2D eigenvalue weighted by atomic mass is 9.84. The van der Waals surface area contributed by atoms with Gasteiger partial charge in [-0.1, -0.05) is 26.0 Å². The number of hydrogen-bond donors (Lipinski definition) is 1. The van der Waals surface area contributed by atoms with Crippen LogP contribution in [-0.4, -0.2) is 40.3 Å². The molecule has 0 radical (unpaired) electrons. The van der Waals surface area contributed by atoms with E-state index in [1.807, 2.05) is 13.8 Å². The Hall–Kier alpha value is -2.43. The maximum absolute atomic E-state index is 12.9. The molecule has 0 saturated heterocycles. The predicted octanol–water partition coefficient (Wildman–Crippen LogP) is 2.43. The fourth-order valence-corrected chi connectivity index (χ4v) is 2.30. The van der Waals surface area contributed by atoms with E-state index in [-0.39, 0.29) is 24.3 Å². The number of aromatic nitrogens is 1. The van der Waals surface area contributed by atoms with Crippen LogP contribution in [0.5, 0.6) is 0 Å². The summed E-state index contributed by atoms with van der Waals surface area (Å²) in [6.45, 7) is 13.6. The summed E-state index contributed by atoms with van der Waals surface area (Å²) in [5.41, 5.74) is -0.511. The molecule has 0 aliphatic heterocycles. The molecule has 1 aromatic heterocycles. The average Bonchev–Trinajstić information content (AvgIpc) is 2.56. The van der Waals surface area contributed by atoms with E-state index in [9.17, 15) is 9.59 Å². The van der Waals surface area contributed by atoms with Crippen molar-refractivity contribution in [3.8, 4) is 0 Å². The molecule has 0 fully saturated rings. The SMILES string of the molecule is C=CCNC(=O)C(C)(C(C)C)N(CC=C)C(=O)c1ccncc1. The lowest BCUT2D eigenvalue weighted by Gasteiger charge is -2.42. The van der Waals surface area contributed by atoms with Crippen LogP contribution in [0.4, 0.5) is 0 Å². The highest BCUT2D eigenvalue weighted by Gasteiger charge is 2.44. The number of nitrogens with zero attached hydrogens (tertiary/aromatic N) is 2. The summed E-state index contributed by atoms with van der Waals surface area (Å²) in [5.74, 6) is -0.521. The lowest BCUT2D eigenvalue weighted by Crippen LogP contribution is -2.62. The highest BCUT2D eigenvalue weighted by molar-refractivity contribution is 5.99. The minimum Gasteiger partial charge on any atom is -0.351 e. The van der Waals surface area contributed by atoms with Gasteiger partial charge in [-0.15, -0.1) is 13.2 Å². The summed E-state index contributed by atoms with van der Waals surface area (Å²) in [5, 5.41) is 2.80. The fourth-order valence-electron chi connectivity index (χ4n) is 2.30. The van der Waals surface area contributed by atoms with Crippen molar-refractivity contribution in [2.75, 3.05) is 13.1 Å². The van der Waals surface area contributed by atoms with E-state index in [0.29, 0.717) is 12.1 Å². The summed E-state index contributed by atoms with van der Waals surface area (Å²) < 4.78 is 0. The van der Waals surface area contributed by atoms with E-state index in [1.54, 1.807) is 48.5 Å². The molecule has 0 saturated carbocycles. The molecule has 5 heteroatoms. The van der Waals surface area contributed by atoms with Gasteiger partial charge in [-0.25, -0.2) is 0 Å². The van der Waals surface area contributed by atoms with Gasteiger partial charge in [0.05, 0.1) is 0 Å². The van der Waals surface area contributed by atoms with Crippen molar-refractivity contribution >= 4 is 11.8 Å². The van der Waals surface area contributed by atoms with Gasteiger partial charge in [0.2, 0.25) is 5.91 Å². The Balaban J connectivity index is 3.25. The standard InChI is InChI=1S/C18H25N3O2/c1-6-10-20-17(23)18(5,14(3)4)21(13-7-2)16(22)15-8-11-19-12-9-15/h6-9,11-12,14H,1-2,10,13H2,3-5H3,(H,20,23). The Morgan fingerprint density at radius 3 is 2.39 bits per heavy atom. The van der Waals surface area contributed by atoms with Crippen LogP contribution in [0.15, 0.2) is 49.8 Å². The fraction of sp³-hybridized carbons (Fsp3) is 0.389. The first-order valence-electron chi connectivity index (χ1n) is 7.61. The van der Waals surface area contributed by atoms with Crippen molar-refractivity contribution in [3.63, 3.8) is 0 Å². The van der Waals surface area contributed by atoms with Gasteiger partial charge in [0.25, 0.3) is 5.91 Å². The molecule has 1 aromatic rings. The van der Waals surface area contributed by atoms with Crippen molar-refractivity contribution in [1.29, 1.82) is 0 Å². The minimum atomic E-state index is -1.00. The zero-order valence-electron chi connectivity index (χ0n) is 14.1. The monoisotopic (exact) mass is 315 g/mol. The van der Waals surface area contributed by atoms with Crippen LogP contribution in [-0.2, 0) is 4.79 Å². The molecule has 0 spiro atoms. The van der Waals surface area contributed by atoms with Crippen LogP contribution in [0, 0.1) is 5.92 Å². The molecule has 0 aliphatic rings. The molecule has 0 aliphatic carbocycles. The van der Waals surface area contributed by atoms with Gasteiger partial charge in [0.1, 0.15) is 5.54 Å². The molecule has 1 rings (SSSR count). The zero-order chi connectivity index (χ0) is 17.5. The molecule has 23 heavy (non-hydrogen) atoms. The van der Waals surface area contributed by atoms with E-state index in [0.717, 1.165) is 0 Å². The molecular weight excluding hydrogens is 290 g/mol. The van der Waals surface area contributed by atoms with Crippen LogP contribution < -0.4 is 5.32 Å². The quantitative estimate of drug-likeness (QED) is 0.749. The maximum atomic E-state index is 12.9. The molecular formula is C18H25N3O2. The normalized spacial score (nSPS) is 13.0. The molecule has 0 bridgehead atoms. The zero-order valence-corrected chi connectivity index (χ0v) is 14.1. The minimum absolute atomic E-state index is 0.0851. The molecule has 1 N–H and O–H groups in total. The number of carbonyl (C=O) groups excluding carboxylic acids is 2. The van der Waals surface area contributed by atoms with E-state index in [1.165, 1.54) is 0 Å². The van der Waals surface area contributed by atoms with Crippen molar-refractivity contribution in [2.24, 2.45) is 5.92 Å². The third kappa shape index (κ3) is 4.06. The van der Waals surface area contributed by atoms with Crippen molar-refractivity contribution in [3.05, 3.63) is 55.4 Å². The van der Waals surface area contributed by atoms with Crippen molar-refractivity contribution in [1.82, 2.24) is 15.2 Å². The summed E-state index contributed by atoms with van der Waals surface area (Å²) in [6.07, 6.45) is 6.36. The average molecular weight is 315 g/mol. The topological polar surface area (TPSA) is 62.3 Å². The third-order valence-electron chi connectivity index (χ3n) is 4.04. The molecule has 1 unspecified atom stereocenters. The Morgan fingerprint density at radius 2 is 1.91 bits per heavy atom. The molecule has 2 amide bonds. The Labute approximate surface area is 138 Å². The van der Waals surface area contributed by atoms with E-state index in [2.05, 4.69) is 23.5 Å². The summed E-state index contributed by atoms with van der Waals surface area (Å²) in [6, 6.07) is 3.28. The Bertz CT molecular complexity index is 569. The second-order valence-electron chi connectivity index (χ2n) is 5.74. The first kappa shape index (κ1) is 18.6. The number of amides is 2. The maximum Gasteiger partial charge on any atom is 0.255 e. The number of rotatable bonds is 8. The number of nitrogens with one attached hydrogen (secondary N) is 1. The van der Waals surface area contributed by atoms with Gasteiger partial charge in [0, 0.05) is 31.0 Å². The second kappa shape index (κ2) is 8.27. The van der Waals surface area contributed by atoms with E-state index >= 15 is 0 Å². The number of pyridine rings is 1. The summed E-state index contributed by atoms with van der Waals surface area (Å²) >= 11 is 0. The van der Waals surface area contributed by atoms with Gasteiger partial charge in [-0.3, -0.25) is 14.6 Å². The largest absolute Gasteiger partial charge is 0.351 e. The van der Waals surface area contributed by atoms with Crippen molar-refractivity contribution < 1.29 is 9.59 Å². The summed E-state index contributed by atoms with van der Waals surface area (Å²) in [7, 11) is 0. The first-order valence-corrected chi connectivity index (χ1v) is 7.61. The third-order valence-corrected chi connectivity index (χ3v) is 4.04. The smallest absolute Gasteiger partial charge is 0.255 e. The second-order valence-corrected chi connectivity index (χ2v) is 5.74. The van der Waals surface area contributed by atoms with Crippen LogP contribution in [0.25, 0.3) is 0 Å². The molecule has 5 nitrogen and oxygen atoms in total. The number of carbonyl (C=O) groups is 2. The van der Waals surface area contributed by atoms with Crippen LogP contribution in [0.2, 0.25) is 0 Å². The molecule has 124 valence electrons. The first-order chi connectivity index (χ1) is 10.9. The predicted molar refractivity (Wildman–Crippen MR) is 91.9 cm³/mol. The van der Waals surface area contributed by atoms with Gasteiger partial charge in [-0.05, 0) is 25.0 Å². The Kier molecular flexibility index (Phi) is 6.69. The molecule has 1 atom stereocenters. The van der Waals surface area contributed by atoms with Crippen LogP contribution in [0.1, 0.15) is 31.1 Å². The van der Waals surface area contributed by atoms with Gasteiger partial charge in [-0.2, -0.15) is 0 Å². The molecule has 0 aromatic carbocycles. The Morgan fingerprint density at radius 1 is 1.30 bits per heavy atom. The number of hydrogen-bond acceptors (Lipinski definition) is 3. The van der Waals surface area contributed by atoms with Crippen molar-refractivity contribution in [2.45, 2.75) is 26.3 Å². The van der Waals surface area contributed by atoms with Gasteiger partial charge in [0.15, 0.2) is 0 Å².